The normalized spacial score (nSPS) is 21.4. The van der Waals surface area contributed by atoms with Gasteiger partial charge < -0.3 is 29.5 Å². The first-order valence-electron chi connectivity index (χ1n) is 13.1. The van der Waals surface area contributed by atoms with Crippen LogP contribution in [0.5, 0.6) is 0 Å². The number of hydrogen-bond acceptors (Lipinski definition) is 9. The Balaban J connectivity index is 1.30. The lowest BCUT2D eigenvalue weighted by Crippen LogP contribution is -2.36. The molecular formula is C30H26ClN5O6. The molecule has 5 aromatic rings. The number of fused-ring (bicyclic) bond motifs is 1. The number of esters is 1. The fraction of sp³-hybridized carbons (Fsp3) is 0.200. The van der Waals surface area contributed by atoms with E-state index in [1.807, 2.05) is 42.5 Å². The van der Waals surface area contributed by atoms with Crippen LogP contribution in [-0.4, -0.2) is 61.1 Å². The van der Waals surface area contributed by atoms with Crippen LogP contribution in [0.1, 0.15) is 28.3 Å². The maximum absolute atomic E-state index is 13.4. The molecule has 0 aliphatic carbocycles. The zero-order chi connectivity index (χ0) is 29.2. The molecule has 12 heteroatoms. The molecule has 6 rings (SSSR count). The fourth-order valence-electron chi connectivity index (χ4n) is 4.99. The van der Waals surface area contributed by atoms with Crippen molar-refractivity contribution in [3.05, 3.63) is 113 Å². The van der Waals surface area contributed by atoms with Crippen LogP contribution in [0.15, 0.2) is 96.7 Å². The molecular weight excluding hydrogens is 562 g/mol. The van der Waals surface area contributed by atoms with Gasteiger partial charge in [0.15, 0.2) is 17.8 Å². The van der Waals surface area contributed by atoms with E-state index < -0.39 is 36.6 Å². The number of aliphatic hydroxyl groups is 2. The van der Waals surface area contributed by atoms with Gasteiger partial charge in [0.25, 0.3) is 0 Å². The van der Waals surface area contributed by atoms with Crippen molar-refractivity contribution in [2.75, 3.05) is 7.11 Å². The molecule has 3 N–H and O–H groups in total. The molecule has 3 aromatic carbocycles. The molecule has 1 aliphatic rings. The van der Waals surface area contributed by atoms with Gasteiger partial charge in [-0.2, -0.15) is 0 Å². The summed E-state index contributed by atoms with van der Waals surface area (Å²) in [6, 6.07) is 23.5. The minimum absolute atomic E-state index is 0.223. The van der Waals surface area contributed by atoms with Crippen LogP contribution in [-0.2, 0) is 14.3 Å². The number of imidazole rings is 1. The number of carbonyl (C=O) groups is 1. The van der Waals surface area contributed by atoms with Crippen molar-refractivity contribution in [3.63, 3.8) is 0 Å². The number of aromatic nitrogens is 4. The van der Waals surface area contributed by atoms with Gasteiger partial charge in [-0.05, 0) is 41.0 Å². The number of nitrogens with zero attached hydrogens (tertiary/aromatic N) is 4. The Kier molecular flexibility index (Phi) is 7.72. The van der Waals surface area contributed by atoms with E-state index in [4.69, 9.17) is 25.9 Å². The van der Waals surface area contributed by atoms with Gasteiger partial charge in [0.05, 0.1) is 18.2 Å². The molecule has 214 valence electrons. The summed E-state index contributed by atoms with van der Waals surface area (Å²) < 4.78 is 13.7. The van der Waals surface area contributed by atoms with Crippen molar-refractivity contribution in [2.45, 2.75) is 30.6 Å². The Morgan fingerprint density at radius 2 is 1.71 bits per heavy atom. The summed E-state index contributed by atoms with van der Waals surface area (Å²) in [7, 11) is 1.39. The van der Waals surface area contributed by atoms with E-state index in [1.54, 1.807) is 36.4 Å². The number of hydrogen-bond donors (Lipinski definition) is 3. The standard InChI is InChI=1S/C30H26ClN5O6/c1-40-35-27-22-28(33-15-32-27)36(16-34-22)29-24(38)23(37)26(41-29)25(19-11-13-21(31)14-12-19)42-30(39)20-9-7-18(8-10-20)17-5-3-2-4-6-17/h2-16,23-26,29,37-38H,1H3,(H,32,33,35)/t23-,24+,25?,26-,29+/m0/s1. The van der Waals surface area contributed by atoms with E-state index in [9.17, 15) is 15.0 Å². The second-order valence-corrected chi connectivity index (χ2v) is 10.1. The van der Waals surface area contributed by atoms with Gasteiger partial charge in [-0.25, -0.2) is 14.8 Å². The lowest BCUT2D eigenvalue weighted by atomic mass is 9.98. The number of aliphatic hydroxyl groups excluding tert-OH is 2. The highest BCUT2D eigenvalue weighted by Crippen LogP contribution is 2.39. The summed E-state index contributed by atoms with van der Waals surface area (Å²) in [5.41, 5.74) is 3.82. The summed E-state index contributed by atoms with van der Waals surface area (Å²) >= 11 is 6.11. The monoisotopic (exact) mass is 587 g/mol. The lowest BCUT2D eigenvalue weighted by Gasteiger charge is -2.26. The van der Waals surface area contributed by atoms with Crippen LogP contribution < -0.4 is 5.49 Å². The number of benzene rings is 3. The predicted octanol–water partition coefficient (Wildman–Crippen LogP) is 3.76. The fourth-order valence-corrected chi connectivity index (χ4v) is 5.11. The second-order valence-electron chi connectivity index (χ2n) is 9.64. The lowest BCUT2D eigenvalue weighted by molar-refractivity contribution is -0.0917. The van der Waals surface area contributed by atoms with Crippen molar-refractivity contribution < 1.29 is 29.3 Å². The van der Waals surface area contributed by atoms with Crippen LogP contribution in [0.25, 0.3) is 22.3 Å². The summed E-state index contributed by atoms with van der Waals surface area (Å²) in [6.07, 6.45) is -3.30. The van der Waals surface area contributed by atoms with E-state index in [-0.39, 0.29) is 5.49 Å². The first-order valence-corrected chi connectivity index (χ1v) is 13.4. The molecule has 0 bridgehead atoms. The molecule has 2 aromatic heterocycles. The average Bonchev–Trinajstić information content (AvgIpc) is 3.58. The van der Waals surface area contributed by atoms with Crippen molar-refractivity contribution in [1.82, 2.24) is 19.5 Å². The van der Waals surface area contributed by atoms with E-state index in [2.05, 4.69) is 20.1 Å². The Labute approximate surface area is 244 Å². The molecule has 0 amide bonds. The highest BCUT2D eigenvalue weighted by atomic mass is 35.5. The molecule has 0 saturated carbocycles. The Hall–Kier alpha value is -4.55. The van der Waals surface area contributed by atoms with Crippen LogP contribution in [0, 0.1) is 0 Å². The molecule has 0 radical (unpaired) electrons. The minimum Gasteiger partial charge on any atom is -0.451 e. The Bertz CT molecular complexity index is 1760. The minimum atomic E-state index is -1.42. The second kappa shape index (κ2) is 11.7. The van der Waals surface area contributed by atoms with E-state index >= 15 is 0 Å². The van der Waals surface area contributed by atoms with Crippen molar-refractivity contribution in [2.24, 2.45) is 5.16 Å². The number of aromatic amines is 1. The first-order chi connectivity index (χ1) is 20.4. The molecule has 0 spiro atoms. The molecule has 1 aliphatic heterocycles. The zero-order valence-electron chi connectivity index (χ0n) is 22.2. The number of ether oxygens (including phenoxy) is 2. The van der Waals surface area contributed by atoms with Gasteiger partial charge >= 0.3 is 5.97 Å². The smallest absolute Gasteiger partial charge is 0.338 e. The molecule has 1 fully saturated rings. The average molecular weight is 588 g/mol. The molecule has 1 saturated heterocycles. The van der Waals surface area contributed by atoms with Crippen LogP contribution in [0.4, 0.5) is 0 Å². The molecule has 5 atom stereocenters. The number of nitrogens with one attached hydrogen (secondary N) is 1. The van der Waals surface area contributed by atoms with E-state index in [1.165, 1.54) is 24.3 Å². The van der Waals surface area contributed by atoms with Crippen LogP contribution in [0.2, 0.25) is 5.02 Å². The largest absolute Gasteiger partial charge is 0.451 e. The zero-order valence-corrected chi connectivity index (χ0v) is 23.0. The van der Waals surface area contributed by atoms with Gasteiger partial charge in [0.2, 0.25) is 5.49 Å². The number of halogens is 1. The third kappa shape index (κ3) is 5.26. The summed E-state index contributed by atoms with van der Waals surface area (Å²) in [5, 5.41) is 26.6. The van der Waals surface area contributed by atoms with Crippen molar-refractivity contribution >= 4 is 28.7 Å². The number of rotatable bonds is 7. The molecule has 3 heterocycles. The highest BCUT2D eigenvalue weighted by Gasteiger charge is 2.49. The van der Waals surface area contributed by atoms with E-state index in [0.717, 1.165) is 11.1 Å². The number of H-pyrrole nitrogens is 1. The molecule has 11 nitrogen and oxygen atoms in total. The third-order valence-electron chi connectivity index (χ3n) is 7.08. The van der Waals surface area contributed by atoms with E-state index in [0.29, 0.717) is 27.3 Å². The molecule has 1 unspecified atom stereocenters. The topological polar surface area (TPSA) is 144 Å². The van der Waals surface area contributed by atoms with Gasteiger partial charge in [-0.3, -0.25) is 4.57 Å². The van der Waals surface area contributed by atoms with Gasteiger partial charge in [-0.15, -0.1) is 0 Å². The summed E-state index contributed by atoms with van der Waals surface area (Å²) in [4.78, 5) is 29.6. The van der Waals surface area contributed by atoms with Crippen LogP contribution >= 0.6 is 11.6 Å². The van der Waals surface area contributed by atoms with Crippen LogP contribution in [0.3, 0.4) is 0 Å². The Morgan fingerprint density at radius 3 is 2.43 bits per heavy atom. The van der Waals surface area contributed by atoms with Crippen molar-refractivity contribution in [3.8, 4) is 11.1 Å². The summed E-state index contributed by atoms with van der Waals surface area (Å²) in [5.74, 6) is -0.624. The van der Waals surface area contributed by atoms with Gasteiger partial charge in [-0.1, -0.05) is 71.4 Å². The Morgan fingerprint density at radius 1 is 1.00 bits per heavy atom. The maximum atomic E-state index is 13.4. The van der Waals surface area contributed by atoms with Gasteiger partial charge in [0, 0.05) is 5.02 Å². The van der Waals surface area contributed by atoms with Crippen molar-refractivity contribution in [1.29, 1.82) is 0 Å². The predicted molar refractivity (Wildman–Crippen MR) is 152 cm³/mol. The first kappa shape index (κ1) is 27.6. The SMILES string of the molecule is CON=c1nc[nH]c2c1ncn2[C@@H]1O[C@H](C(OC(=O)c2ccc(-c3ccccc3)cc2)c2ccc(Cl)cc2)[C@@H](O)[C@H]1O. The quantitative estimate of drug-likeness (QED) is 0.193. The highest BCUT2D eigenvalue weighted by molar-refractivity contribution is 6.30. The maximum Gasteiger partial charge on any atom is 0.338 e. The summed E-state index contributed by atoms with van der Waals surface area (Å²) in [6.45, 7) is 0. The molecule has 42 heavy (non-hydrogen) atoms. The third-order valence-corrected chi connectivity index (χ3v) is 7.33. The number of carbonyl (C=O) groups excluding carboxylic acids is 1. The van der Waals surface area contributed by atoms with Gasteiger partial charge in [0.1, 0.15) is 31.1 Å².